The number of benzene rings is 1. The van der Waals surface area contributed by atoms with Gasteiger partial charge in [-0.15, -0.1) is 0 Å². The SMILES string of the molecule is Cc1cc2c(cc1N)N(C(=O)c1ccncc1O)CC2. The van der Waals surface area contributed by atoms with Crippen LogP contribution in [0.15, 0.2) is 30.6 Å². The molecule has 1 aliphatic heterocycles. The van der Waals surface area contributed by atoms with Gasteiger partial charge < -0.3 is 15.7 Å². The summed E-state index contributed by atoms with van der Waals surface area (Å²) in [5.74, 6) is -0.335. The van der Waals surface area contributed by atoms with E-state index in [9.17, 15) is 9.90 Å². The quantitative estimate of drug-likeness (QED) is 0.775. The molecule has 2 heterocycles. The van der Waals surface area contributed by atoms with Crippen LogP contribution < -0.4 is 10.6 Å². The highest BCUT2D eigenvalue weighted by Gasteiger charge is 2.27. The van der Waals surface area contributed by atoms with E-state index in [4.69, 9.17) is 5.73 Å². The summed E-state index contributed by atoms with van der Waals surface area (Å²) in [7, 11) is 0. The van der Waals surface area contributed by atoms with Gasteiger partial charge in [-0.1, -0.05) is 6.07 Å². The fourth-order valence-corrected chi connectivity index (χ4v) is 2.50. The van der Waals surface area contributed by atoms with Crippen molar-refractivity contribution >= 4 is 17.3 Å². The molecule has 0 aliphatic carbocycles. The number of hydrogen-bond acceptors (Lipinski definition) is 4. The molecule has 3 N–H and O–H groups in total. The Morgan fingerprint density at radius 1 is 1.45 bits per heavy atom. The van der Waals surface area contributed by atoms with Gasteiger partial charge in [-0.25, -0.2) is 0 Å². The Morgan fingerprint density at radius 2 is 2.25 bits per heavy atom. The van der Waals surface area contributed by atoms with Crippen molar-refractivity contribution in [1.29, 1.82) is 0 Å². The smallest absolute Gasteiger partial charge is 0.262 e. The van der Waals surface area contributed by atoms with E-state index in [1.54, 1.807) is 4.90 Å². The number of aryl methyl sites for hydroxylation is 1. The second-order valence-corrected chi connectivity index (χ2v) is 4.94. The first-order valence-corrected chi connectivity index (χ1v) is 6.42. The van der Waals surface area contributed by atoms with Gasteiger partial charge in [-0.2, -0.15) is 0 Å². The van der Waals surface area contributed by atoms with Crippen LogP contribution in [0.3, 0.4) is 0 Å². The Morgan fingerprint density at radius 3 is 3.00 bits per heavy atom. The molecular formula is C15H15N3O2. The predicted octanol–water partition coefficient (Wildman–Crippen LogP) is 1.88. The molecule has 102 valence electrons. The maximum Gasteiger partial charge on any atom is 0.262 e. The average molecular weight is 269 g/mol. The molecule has 0 spiro atoms. The molecule has 0 saturated carbocycles. The highest BCUT2D eigenvalue weighted by atomic mass is 16.3. The number of amides is 1. The first-order chi connectivity index (χ1) is 9.58. The third-order valence-corrected chi connectivity index (χ3v) is 3.64. The number of fused-ring (bicyclic) bond motifs is 1. The van der Waals surface area contributed by atoms with Gasteiger partial charge in [-0.3, -0.25) is 9.78 Å². The van der Waals surface area contributed by atoms with E-state index >= 15 is 0 Å². The number of nitrogens with zero attached hydrogens (tertiary/aromatic N) is 2. The van der Waals surface area contributed by atoms with Crippen LogP contribution in [0, 0.1) is 6.92 Å². The number of hydrogen-bond donors (Lipinski definition) is 2. The van der Waals surface area contributed by atoms with Gasteiger partial charge in [0.25, 0.3) is 5.91 Å². The molecular weight excluding hydrogens is 254 g/mol. The van der Waals surface area contributed by atoms with Gasteiger partial charge >= 0.3 is 0 Å². The van der Waals surface area contributed by atoms with Crippen LogP contribution in [-0.4, -0.2) is 22.5 Å². The number of nitrogen functional groups attached to an aromatic ring is 1. The number of carbonyl (C=O) groups excluding carboxylic acids is 1. The van der Waals surface area contributed by atoms with Crippen molar-refractivity contribution < 1.29 is 9.90 Å². The Labute approximate surface area is 116 Å². The molecule has 1 aromatic carbocycles. The fraction of sp³-hybridized carbons (Fsp3) is 0.200. The molecule has 0 radical (unpaired) electrons. The lowest BCUT2D eigenvalue weighted by molar-refractivity contribution is 0.0986. The number of nitrogens with two attached hydrogens (primary N) is 1. The van der Waals surface area contributed by atoms with E-state index in [-0.39, 0.29) is 17.2 Å². The molecule has 0 atom stereocenters. The average Bonchev–Trinajstić information content (AvgIpc) is 2.82. The van der Waals surface area contributed by atoms with Crippen molar-refractivity contribution in [2.24, 2.45) is 0 Å². The first kappa shape index (κ1) is 12.5. The minimum atomic E-state index is -0.230. The minimum Gasteiger partial charge on any atom is -0.505 e. The molecule has 0 fully saturated rings. The number of carbonyl (C=O) groups is 1. The van der Waals surface area contributed by atoms with Crippen LogP contribution in [0.25, 0.3) is 0 Å². The third-order valence-electron chi connectivity index (χ3n) is 3.64. The minimum absolute atomic E-state index is 0.106. The number of aromatic nitrogens is 1. The van der Waals surface area contributed by atoms with Crippen molar-refractivity contribution in [3.8, 4) is 5.75 Å². The Hall–Kier alpha value is -2.56. The summed E-state index contributed by atoms with van der Waals surface area (Å²) in [5.41, 5.74) is 9.81. The summed E-state index contributed by atoms with van der Waals surface area (Å²) in [4.78, 5) is 18.0. The fourth-order valence-electron chi connectivity index (χ4n) is 2.50. The van der Waals surface area contributed by atoms with Gasteiger partial charge in [0.2, 0.25) is 0 Å². The highest BCUT2D eigenvalue weighted by molar-refractivity contribution is 6.09. The molecule has 1 aromatic heterocycles. The van der Waals surface area contributed by atoms with Gasteiger partial charge in [0.05, 0.1) is 11.8 Å². The lowest BCUT2D eigenvalue weighted by atomic mass is 10.1. The van der Waals surface area contributed by atoms with Crippen LogP contribution in [0.4, 0.5) is 11.4 Å². The van der Waals surface area contributed by atoms with Crippen molar-refractivity contribution in [2.45, 2.75) is 13.3 Å². The zero-order valence-electron chi connectivity index (χ0n) is 11.1. The second-order valence-electron chi connectivity index (χ2n) is 4.94. The molecule has 0 unspecified atom stereocenters. The second kappa shape index (κ2) is 4.52. The molecule has 0 saturated heterocycles. The summed E-state index contributed by atoms with van der Waals surface area (Å²) in [6.45, 7) is 2.55. The summed E-state index contributed by atoms with van der Waals surface area (Å²) >= 11 is 0. The zero-order chi connectivity index (χ0) is 14.3. The van der Waals surface area contributed by atoms with Crippen LogP contribution in [-0.2, 0) is 6.42 Å². The van der Waals surface area contributed by atoms with Crippen molar-refractivity contribution in [3.63, 3.8) is 0 Å². The Bertz CT molecular complexity index is 698. The third kappa shape index (κ3) is 1.87. The van der Waals surface area contributed by atoms with E-state index in [1.165, 1.54) is 18.5 Å². The van der Waals surface area contributed by atoms with Crippen LogP contribution in [0.2, 0.25) is 0 Å². The number of rotatable bonds is 1. The van der Waals surface area contributed by atoms with Crippen molar-refractivity contribution in [2.75, 3.05) is 17.2 Å². The maximum atomic E-state index is 12.5. The van der Waals surface area contributed by atoms with E-state index in [1.807, 2.05) is 19.1 Å². The number of anilines is 2. The lowest BCUT2D eigenvalue weighted by Gasteiger charge is -2.18. The summed E-state index contributed by atoms with van der Waals surface area (Å²) in [5, 5.41) is 9.75. The van der Waals surface area contributed by atoms with Gasteiger partial charge in [0, 0.05) is 24.1 Å². The first-order valence-electron chi connectivity index (χ1n) is 6.42. The topological polar surface area (TPSA) is 79.5 Å². The van der Waals surface area contributed by atoms with Gasteiger partial charge in [0.15, 0.2) is 0 Å². The largest absolute Gasteiger partial charge is 0.505 e. The monoisotopic (exact) mass is 269 g/mol. The molecule has 1 aliphatic rings. The molecule has 2 aromatic rings. The van der Waals surface area contributed by atoms with Crippen molar-refractivity contribution in [3.05, 3.63) is 47.3 Å². The standard InChI is InChI=1S/C15H15N3O2/c1-9-6-10-3-5-18(13(10)7-12(9)16)15(20)11-2-4-17-8-14(11)19/h2,4,6-8,19H,3,5,16H2,1H3. The van der Waals surface area contributed by atoms with E-state index < -0.39 is 0 Å². The van der Waals surface area contributed by atoms with Crippen molar-refractivity contribution in [1.82, 2.24) is 4.98 Å². The van der Waals surface area contributed by atoms with Crippen LogP contribution in [0.5, 0.6) is 5.75 Å². The molecule has 1 amide bonds. The number of pyridine rings is 1. The molecule has 20 heavy (non-hydrogen) atoms. The summed E-state index contributed by atoms with van der Waals surface area (Å²) in [6.07, 6.45) is 3.56. The van der Waals surface area contributed by atoms with Crippen LogP contribution in [0.1, 0.15) is 21.5 Å². The lowest BCUT2D eigenvalue weighted by Crippen LogP contribution is -2.29. The zero-order valence-corrected chi connectivity index (χ0v) is 11.1. The molecule has 3 rings (SSSR count). The highest BCUT2D eigenvalue weighted by Crippen LogP contribution is 2.33. The van der Waals surface area contributed by atoms with Crippen LogP contribution >= 0.6 is 0 Å². The molecule has 0 bridgehead atoms. The predicted molar refractivity (Wildman–Crippen MR) is 76.9 cm³/mol. The van der Waals surface area contributed by atoms with Gasteiger partial charge in [0.1, 0.15) is 5.75 Å². The molecule has 5 nitrogen and oxygen atoms in total. The normalized spacial score (nSPS) is 13.3. The number of aromatic hydroxyl groups is 1. The summed E-state index contributed by atoms with van der Waals surface area (Å²) in [6, 6.07) is 5.37. The molecule has 5 heteroatoms. The Kier molecular flexibility index (Phi) is 2.82. The van der Waals surface area contributed by atoms with Gasteiger partial charge in [-0.05, 0) is 36.6 Å². The van der Waals surface area contributed by atoms with E-state index in [2.05, 4.69) is 4.98 Å². The summed E-state index contributed by atoms with van der Waals surface area (Å²) < 4.78 is 0. The maximum absolute atomic E-state index is 12.5. The van der Waals surface area contributed by atoms with E-state index in [0.29, 0.717) is 12.2 Å². The van der Waals surface area contributed by atoms with E-state index in [0.717, 1.165) is 23.2 Å². The Balaban J connectivity index is 2.01.